The molecule has 2 aliphatic heterocycles. The third-order valence-corrected chi connectivity index (χ3v) is 17.5. The molecule has 0 aromatic heterocycles. The monoisotopic (exact) mass is 1290 g/mol. The second-order valence-corrected chi connectivity index (χ2v) is 24.8. The van der Waals surface area contributed by atoms with E-state index in [2.05, 4.69) is 16.0 Å². The molecule has 26 heteroatoms. The van der Waals surface area contributed by atoms with Crippen LogP contribution < -0.4 is 16.0 Å². The second-order valence-electron chi connectivity index (χ2n) is 24.4. The van der Waals surface area contributed by atoms with E-state index in [1.165, 1.54) is 88.0 Å². The molecule has 2 saturated heterocycles. The van der Waals surface area contributed by atoms with E-state index < -0.39 is 145 Å². The number of amides is 11. The van der Waals surface area contributed by atoms with E-state index >= 15 is 14.4 Å². The quantitative estimate of drug-likeness (QED) is 0.247. The van der Waals surface area contributed by atoms with E-state index in [-0.39, 0.29) is 64.0 Å². The van der Waals surface area contributed by atoms with E-state index in [1.54, 1.807) is 61.5 Å². The van der Waals surface area contributed by atoms with Crippen LogP contribution >= 0.6 is 11.6 Å². The zero-order valence-electron chi connectivity index (χ0n) is 54.2. The van der Waals surface area contributed by atoms with Gasteiger partial charge in [-0.1, -0.05) is 100 Å². The Kier molecular flexibility index (Phi) is 26.9. The Hall–Kier alpha value is -8.09. The maximum absolute atomic E-state index is 15.1. The van der Waals surface area contributed by atoms with Gasteiger partial charge in [-0.05, 0) is 91.8 Å². The van der Waals surface area contributed by atoms with Crippen LogP contribution in [0.4, 0.5) is 13.2 Å². The molecule has 0 radical (unpaired) electrons. The Balaban J connectivity index is 1.56. The lowest BCUT2D eigenvalue weighted by molar-refractivity contribution is -0.152. The first-order chi connectivity index (χ1) is 42.7. The Morgan fingerprint density at radius 3 is 1.74 bits per heavy atom. The maximum Gasteiger partial charge on any atom is 0.416 e. The highest BCUT2D eigenvalue weighted by Gasteiger charge is 2.44. The third kappa shape index (κ3) is 20.2. The number of hydrogen-bond donors (Lipinski definition) is 3. The van der Waals surface area contributed by atoms with E-state index in [9.17, 15) is 51.5 Å². The van der Waals surface area contributed by atoms with Gasteiger partial charge in [0.05, 0.1) is 25.2 Å². The zero-order chi connectivity index (χ0) is 67.8. The summed E-state index contributed by atoms with van der Waals surface area (Å²) in [5, 5.41) is 8.66. The van der Waals surface area contributed by atoms with Gasteiger partial charge in [0.1, 0.15) is 42.3 Å². The topological polar surface area (TPSA) is 250 Å². The molecule has 5 rings (SSSR count). The molecule has 8 atom stereocenters. The predicted octanol–water partition coefficient (Wildman–Crippen LogP) is 4.05. The average molecular weight is 1290 g/mol. The Morgan fingerprint density at radius 2 is 1.14 bits per heavy atom. The van der Waals surface area contributed by atoms with Crippen molar-refractivity contribution in [3.05, 3.63) is 106 Å². The van der Waals surface area contributed by atoms with Crippen molar-refractivity contribution in [2.45, 2.75) is 141 Å². The molecule has 11 amide bonds. The van der Waals surface area contributed by atoms with Crippen molar-refractivity contribution in [1.82, 2.24) is 55.1 Å². The van der Waals surface area contributed by atoms with Crippen molar-refractivity contribution in [2.24, 2.45) is 11.8 Å². The molecular formula is C65H89ClF3N11O11. The van der Waals surface area contributed by atoms with Crippen LogP contribution in [0.2, 0.25) is 5.02 Å². The highest BCUT2D eigenvalue weighted by molar-refractivity contribution is 6.30. The first-order valence-corrected chi connectivity index (χ1v) is 31.0. The number of halogens is 4. The average Bonchev–Trinajstić information content (AvgIpc) is 3.02. The molecule has 0 saturated carbocycles. The molecule has 0 spiro atoms. The molecule has 3 N–H and O–H groups in total. The fraction of sp³-hybridized carbons (Fsp3) is 0.554. The summed E-state index contributed by atoms with van der Waals surface area (Å²) >= 11 is 6.20. The molecule has 2 heterocycles. The SMILES string of the molecule is CCC(C)[C@@H]1NC(=O)[C@H](C)N(C)C(=O)CCNC(=O)[C@H](CC(C)C)N(C)C(=O)[C@H](Cc2ccccc2)N(C)C(=O)[C@@H]2CCCN2C(=O)[C@H](CCc2ccc(C(F)(F)F)cc2)NC(=O)CN(C)C(=O)[C@H](Cc2ccc(Cl)cc2)N(C)C(=O)CN(C)C(=O)CN(C)C1=O. The first-order valence-electron chi connectivity index (χ1n) is 30.7. The normalized spacial score (nSPS) is 23.6. The van der Waals surface area contributed by atoms with Crippen molar-refractivity contribution in [2.75, 3.05) is 82.1 Å². The van der Waals surface area contributed by atoms with Gasteiger partial charge in [-0.25, -0.2) is 0 Å². The minimum absolute atomic E-state index is 0.0161. The first kappa shape index (κ1) is 73.6. The van der Waals surface area contributed by atoms with Crippen LogP contribution in [0, 0.1) is 11.8 Å². The van der Waals surface area contributed by atoms with Crippen LogP contribution in [0.15, 0.2) is 78.9 Å². The van der Waals surface area contributed by atoms with E-state index in [1.807, 2.05) is 20.8 Å². The lowest BCUT2D eigenvalue weighted by Gasteiger charge is -2.37. The fourth-order valence-electron chi connectivity index (χ4n) is 11.0. The number of hydrogen-bond acceptors (Lipinski definition) is 11. The van der Waals surface area contributed by atoms with E-state index in [4.69, 9.17) is 11.6 Å². The van der Waals surface area contributed by atoms with Gasteiger partial charge in [0.25, 0.3) is 0 Å². The minimum Gasteiger partial charge on any atom is -0.354 e. The molecule has 22 nitrogen and oxygen atoms in total. The predicted molar refractivity (Wildman–Crippen MR) is 335 cm³/mol. The number of nitrogens with zero attached hydrogens (tertiary/aromatic N) is 8. The van der Waals surface area contributed by atoms with Gasteiger partial charge in [0.15, 0.2) is 0 Å². The molecule has 91 heavy (non-hydrogen) atoms. The van der Waals surface area contributed by atoms with Gasteiger partial charge in [-0.2, -0.15) is 13.2 Å². The van der Waals surface area contributed by atoms with Crippen molar-refractivity contribution >= 4 is 76.6 Å². The Morgan fingerprint density at radius 1 is 0.582 bits per heavy atom. The van der Waals surface area contributed by atoms with Gasteiger partial charge in [-0.3, -0.25) is 52.7 Å². The Labute approximate surface area is 536 Å². The van der Waals surface area contributed by atoms with Gasteiger partial charge in [0.2, 0.25) is 65.0 Å². The van der Waals surface area contributed by atoms with Crippen LogP contribution in [-0.4, -0.2) is 229 Å². The number of aryl methyl sites for hydroxylation is 1. The zero-order valence-corrected chi connectivity index (χ0v) is 54.9. The van der Waals surface area contributed by atoms with Crippen LogP contribution in [0.5, 0.6) is 0 Å². The van der Waals surface area contributed by atoms with Crippen LogP contribution in [0.25, 0.3) is 0 Å². The molecule has 0 bridgehead atoms. The van der Waals surface area contributed by atoms with Crippen molar-refractivity contribution in [1.29, 1.82) is 0 Å². The number of nitrogens with one attached hydrogen (secondary N) is 3. The third-order valence-electron chi connectivity index (χ3n) is 17.2. The highest BCUT2D eigenvalue weighted by atomic mass is 35.5. The molecular weight excluding hydrogens is 1200 g/mol. The number of rotatable bonds is 11. The van der Waals surface area contributed by atoms with Gasteiger partial charge in [-0.15, -0.1) is 0 Å². The standard InChI is InChI=1S/C65H89ClF3N11O11/c1-13-41(4)57-64(91)75(8)38-55(83)73(6)39-56(84)77(10)51(36-45-23-28-47(66)29-24-45)61(88)74(7)37-53(81)71-48(30-25-43-21-26-46(27-22-43)65(67,68)69)60(87)80-33-17-20-49(80)62(89)79(12)52(35-44-18-15-14-16-19-44)63(90)78(11)50(34-40(2)3)59(86)70-32-31-54(82)76(9)42(5)58(85)72-57/h14-16,18-19,21-24,26-29,40-42,48-52,57H,13,17,20,25,30-39H2,1-12H3,(H,70,86)(H,71,81)(H,72,85)/t41?,42-,48-,49-,50-,51-,52-,57-/m0/s1. The number of carbonyl (C=O) groups excluding carboxylic acids is 11. The van der Waals surface area contributed by atoms with Crippen LogP contribution in [-0.2, 0) is 78.2 Å². The molecule has 3 aromatic rings. The highest BCUT2D eigenvalue weighted by Crippen LogP contribution is 2.30. The minimum atomic E-state index is -4.63. The van der Waals surface area contributed by atoms with E-state index in [0.29, 0.717) is 34.6 Å². The smallest absolute Gasteiger partial charge is 0.354 e. The molecule has 2 aliphatic rings. The summed E-state index contributed by atoms with van der Waals surface area (Å²) in [5.74, 6) is -7.96. The molecule has 2 fully saturated rings. The van der Waals surface area contributed by atoms with Crippen LogP contribution in [0.3, 0.4) is 0 Å². The summed E-state index contributed by atoms with van der Waals surface area (Å²) in [4.78, 5) is 168. The number of fused-ring (bicyclic) bond motifs is 1. The number of carbonyl (C=O) groups is 11. The van der Waals surface area contributed by atoms with Crippen molar-refractivity contribution in [3.63, 3.8) is 0 Å². The van der Waals surface area contributed by atoms with Crippen molar-refractivity contribution in [3.8, 4) is 0 Å². The largest absolute Gasteiger partial charge is 0.416 e. The lowest BCUT2D eigenvalue weighted by atomic mass is 9.97. The summed E-state index contributed by atoms with van der Waals surface area (Å²) in [6, 6.07) is 11.1. The summed E-state index contributed by atoms with van der Waals surface area (Å²) in [5.41, 5.74) is 0.726. The summed E-state index contributed by atoms with van der Waals surface area (Å²) in [7, 11) is 9.64. The maximum atomic E-state index is 15.1. The fourth-order valence-corrected chi connectivity index (χ4v) is 11.1. The van der Waals surface area contributed by atoms with Crippen LogP contribution in [0.1, 0.15) is 95.4 Å². The number of likely N-dealkylation sites (N-methyl/N-ethyl adjacent to an activating group) is 7. The summed E-state index contributed by atoms with van der Waals surface area (Å²) in [6.07, 6.45) is -4.15. The van der Waals surface area contributed by atoms with Gasteiger partial charge >= 0.3 is 6.18 Å². The molecule has 0 aliphatic carbocycles. The molecule has 498 valence electrons. The van der Waals surface area contributed by atoms with Crippen molar-refractivity contribution < 1.29 is 65.9 Å². The molecule has 3 aromatic carbocycles. The molecule has 1 unspecified atom stereocenters. The Bertz CT molecular complexity index is 3070. The second kappa shape index (κ2) is 33.3. The van der Waals surface area contributed by atoms with Gasteiger partial charge in [0, 0.05) is 86.7 Å². The number of alkyl halides is 3. The van der Waals surface area contributed by atoms with Gasteiger partial charge < -0.3 is 55.1 Å². The lowest BCUT2D eigenvalue weighted by Crippen LogP contribution is -2.59. The van der Waals surface area contributed by atoms with E-state index in [0.717, 1.165) is 31.7 Å². The number of benzene rings is 3. The summed E-state index contributed by atoms with van der Waals surface area (Å²) < 4.78 is 40.9. The summed E-state index contributed by atoms with van der Waals surface area (Å²) in [6.45, 7) is 6.80.